The average Bonchev–Trinajstić information content (AvgIpc) is 2.35. The Morgan fingerprint density at radius 1 is 1.36 bits per heavy atom. The molecule has 0 aromatic carbocycles. The molecule has 6 heteroatoms. The molecule has 2 rings (SSSR count). The standard InChI is InChI=1S/C5H4N5.Pb/c6-4-3-5(9-1-7-3)10-2-8-4;/h1-2H,(H2-,6,7,8,9,10);/q-1;+1. The number of nitrogens with zero attached hydrogens (tertiary/aromatic N) is 4. The van der Waals surface area contributed by atoms with Crippen LogP contribution in [-0.2, 0) is 0 Å². The van der Waals surface area contributed by atoms with Crippen molar-refractivity contribution in [2.24, 2.45) is 0 Å². The van der Waals surface area contributed by atoms with Crippen molar-refractivity contribution in [3.05, 3.63) is 12.7 Å². The van der Waals surface area contributed by atoms with Crippen molar-refractivity contribution in [1.29, 1.82) is 0 Å². The molecule has 5 nitrogen and oxygen atoms in total. The first kappa shape index (κ1) is 6.95. The van der Waals surface area contributed by atoms with Crippen molar-refractivity contribution >= 4 is 43.0 Å². The van der Waals surface area contributed by atoms with E-state index in [0.29, 0.717) is 11.3 Å². The van der Waals surface area contributed by atoms with Gasteiger partial charge < -0.3 is 0 Å². The van der Waals surface area contributed by atoms with Gasteiger partial charge in [0.15, 0.2) is 0 Å². The molecule has 0 atom stereocenters. The Kier molecular flexibility index (Phi) is 1.51. The zero-order valence-corrected chi connectivity index (χ0v) is 9.41. The predicted octanol–water partition coefficient (Wildman–Crippen LogP) is -0.660. The van der Waals surface area contributed by atoms with Crippen molar-refractivity contribution < 1.29 is 0 Å². The first-order valence-corrected chi connectivity index (χ1v) is 4.68. The van der Waals surface area contributed by atoms with Crippen LogP contribution in [0.4, 0.5) is 5.82 Å². The minimum absolute atomic E-state index is 0.449. The number of hydrogen-bond donors (Lipinski definition) is 1. The Hall–Kier alpha value is -0.728. The Bertz CT molecular complexity index is 395. The number of rotatable bonds is 0. The van der Waals surface area contributed by atoms with Crippen molar-refractivity contribution in [1.82, 2.24) is 17.3 Å². The molecular formula is C5H4N5Pb. The molecule has 0 bridgehead atoms. The second kappa shape index (κ2) is 2.40. The van der Waals surface area contributed by atoms with Gasteiger partial charge >= 0.3 is 78.8 Å². The number of hydrogen-bond acceptors (Lipinski definition) is 4. The number of imidazole rings is 1. The summed E-state index contributed by atoms with van der Waals surface area (Å²) in [5, 5.41) is 0. The number of nitrogen functional groups attached to an aromatic ring is 1. The van der Waals surface area contributed by atoms with Gasteiger partial charge in [-0.15, -0.1) is 0 Å². The van der Waals surface area contributed by atoms with Crippen LogP contribution in [0.25, 0.3) is 11.2 Å². The van der Waals surface area contributed by atoms with E-state index in [4.69, 9.17) is 5.73 Å². The topological polar surface area (TPSA) is 69.6 Å². The van der Waals surface area contributed by atoms with Crippen molar-refractivity contribution in [2.45, 2.75) is 0 Å². The van der Waals surface area contributed by atoms with Gasteiger partial charge in [-0.1, -0.05) is 0 Å². The van der Waals surface area contributed by atoms with E-state index in [9.17, 15) is 0 Å². The predicted molar refractivity (Wildman–Crippen MR) is 40.9 cm³/mol. The van der Waals surface area contributed by atoms with E-state index in [1.165, 1.54) is 6.33 Å². The summed E-state index contributed by atoms with van der Waals surface area (Å²) in [4.78, 5) is 11.9. The van der Waals surface area contributed by atoms with Crippen LogP contribution in [0.15, 0.2) is 12.7 Å². The number of fused-ring (bicyclic) bond motifs is 1. The van der Waals surface area contributed by atoms with E-state index in [2.05, 4.69) is 15.0 Å². The molecule has 0 amide bonds. The zero-order valence-electron chi connectivity index (χ0n) is 5.52. The van der Waals surface area contributed by atoms with Crippen LogP contribution in [-0.4, -0.2) is 43.4 Å². The normalized spacial score (nSPS) is 10.6. The van der Waals surface area contributed by atoms with Gasteiger partial charge in [-0.2, -0.15) is 0 Å². The molecule has 0 fully saturated rings. The molecule has 0 saturated heterocycles. The molecule has 11 heavy (non-hydrogen) atoms. The molecule has 3 radical (unpaired) electrons. The summed E-state index contributed by atoms with van der Waals surface area (Å²) in [5.41, 5.74) is 7.08. The molecule has 2 aromatic rings. The average molecular weight is 341 g/mol. The van der Waals surface area contributed by atoms with Crippen LogP contribution in [0, 0.1) is 0 Å². The van der Waals surface area contributed by atoms with E-state index >= 15 is 0 Å². The minimum atomic E-state index is 0.449. The number of aromatic nitrogens is 4. The monoisotopic (exact) mass is 342 g/mol. The molecule has 0 aliphatic rings. The van der Waals surface area contributed by atoms with E-state index in [0.717, 1.165) is 31.7 Å². The van der Waals surface area contributed by atoms with E-state index in [1.54, 1.807) is 6.33 Å². The third kappa shape index (κ3) is 0.988. The summed E-state index contributed by atoms with van der Waals surface area (Å²) in [6.07, 6.45) is 3.18. The third-order valence-corrected chi connectivity index (χ3v) is 2.63. The molecule has 0 saturated carbocycles. The molecular weight excluding hydrogens is 337 g/mol. The van der Waals surface area contributed by atoms with Crippen molar-refractivity contribution in [3.63, 3.8) is 0 Å². The number of anilines is 1. The summed E-state index contributed by atoms with van der Waals surface area (Å²) in [6, 6.07) is 0. The maximum atomic E-state index is 5.56. The Morgan fingerprint density at radius 2 is 2.18 bits per heavy atom. The second-order valence-electron chi connectivity index (χ2n) is 2.05. The van der Waals surface area contributed by atoms with Crippen LogP contribution >= 0.6 is 0 Å². The molecule has 0 aliphatic carbocycles. The Morgan fingerprint density at radius 3 is 2.91 bits per heavy atom. The summed E-state index contributed by atoms with van der Waals surface area (Å²) in [6.45, 7) is 0. The van der Waals surface area contributed by atoms with Gasteiger partial charge in [-0.05, 0) is 0 Å². The van der Waals surface area contributed by atoms with Gasteiger partial charge in [-0.25, -0.2) is 0 Å². The summed E-state index contributed by atoms with van der Waals surface area (Å²) < 4.78 is 1.94. The van der Waals surface area contributed by atoms with Gasteiger partial charge in [-0.3, -0.25) is 0 Å². The fourth-order valence-electron chi connectivity index (χ4n) is 0.853. The van der Waals surface area contributed by atoms with Gasteiger partial charge in [0.2, 0.25) is 0 Å². The van der Waals surface area contributed by atoms with Gasteiger partial charge in [0.05, 0.1) is 0 Å². The van der Waals surface area contributed by atoms with Crippen molar-refractivity contribution in [2.75, 3.05) is 5.73 Å². The molecule has 2 N–H and O–H groups in total. The molecule has 2 aromatic heterocycles. The van der Waals surface area contributed by atoms with Gasteiger partial charge in [0, 0.05) is 0 Å². The second-order valence-corrected chi connectivity index (χ2v) is 3.92. The fourth-order valence-corrected chi connectivity index (χ4v) is 1.71. The van der Waals surface area contributed by atoms with Crippen LogP contribution in [0.1, 0.15) is 0 Å². The van der Waals surface area contributed by atoms with Gasteiger partial charge in [0.1, 0.15) is 0 Å². The Labute approximate surface area is 78.8 Å². The van der Waals surface area contributed by atoms with E-state index < -0.39 is 0 Å². The van der Waals surface area contributed by atoms with Crippen molar-refractivity contribution in [3.8, 4) is 0 Å². The van der Waals surface area contributed by atoms with Crippen LogP contribution in [0.3, 0.4) is 0 Å². The first-order chi connectivity index (χ1) is 5.29. The first-order valence-electron chi connectivity index (χ1n) is 2.94. The van der Waals surface area contributed by atoms with Gasteiger partial charge in [0.25, 0.3) is 0 Å². The molecule has 0 spiro atoms. The van der Waals surface area contributed by atoms with E-state index in [-0.39, 0.29) is 0 Å². The fraction of sp³-hybridized carbons (Fsp3) is 0. The molecule has 53 valence electrons. The molecule has 0 unspecified atom stereocenters. The van der Waals surface area contributed by atoms with Crippen LogP contribution < -0.4 is 5.73 Å². The van der Waals surface area contributed by atoms with Crippen LogP contribution in [0.2, 0.25) is 0 Å². The molecule has 0 aliphatic heterocycles. The summed E-state index contributed by atoms with van der Waals surface area (Å²) >= 11 is 0.865. The number of nitrogens with two attached hydrogens (primary N) is 1. The third-order valence-electron chi connectivity index (χ3n) is 1.36. The quantitative estimate of drug-likeness (QED) is 0.646. The summed E-state index contributed by atoms with van der Waals surface area (Å²) in [5.74, 6) is 0.449. The summed E-state index contributed by atoms with van der Waals surface area (Å²) in [7, 11) is 0. The van der Waals surface area contributed by atoms with E-state index in [1.807, 2.05) is 2.38 Å². The maximum absolute atomic E-state index is 5.56. The Balaban J connectivity index is 2.94. The zero-order chi connectivity index (χ0) is 7.84. The SMILES string of the molecule is Nc1ncnc2c1nc[n]2[Pb]. The molecule has 2 heterocycles. The van der Waals surface area contributed by atoms with Crippen LogP contribution in [0.5, 0.6) is 0 Å².